The maximum atomic E-state index is 10.0. The highest BCUT2D eigenvalue weighted by atomic mass is 16.5. The summed E-state index contributed by atoms with van der Waals surface area (Å²) in [6.45, 7) is 6.75. The Hall–Kier alpha value is -0.120. The molecule has 0 aliphatic carbocycles. The first kappa shape index (κ1) is 12.9. The Balaban J connectivity index is 2.26. The van der Waals surface area contributed by atoms with Gasteiger partial charge in [-0.3, -0.25) is 0 Å². The molecule has 1 saturated heterocycles. The molecule has 90 valence electrons. The summed E-state index contributed by atoms with van der Waals surface area (Å²) in [5.74, 6) is 0.348. The Bertz CT molecular complexity index is 169. The van der Waals surface area contributed by atoms with Crippen molar-refractivity contribution in [2.24, 2.45) is 5.92 Å². The number of ether oxygens (including phenoxy) is 1. The van der Waals surface area contributed by atoms with Crippen molar-refractivity contribution in [2.45, 2.75) is 45.3 Å². The van der Waals surface area contributed by atoms with Crippen molar-refractivity contribution in [1.82, 2.24) is 4.90 Å². The van der Waals surface area contributed by atoms with Crippen molar-refractivity contribution in [2.75, 3.05) is 26.8 Å². The number of aliphatic hydroxyl groups excluding tert-OH is 1. The van der Waals surface area contributed by atoms with Gasteiger partial charge in [-0.25, -0.2) is 0 Å². The second-order valence-corrected chi connectivity index (χ2v) is 4.77. The lowest BCUT2D eigenvalue weighted by Gasteiger charge is -2.28. The lowest BCUT2D eigenvalue weighted by molar-refractivity contribution is 0.0521. The third-order valence-electron chi connectivity index (χ3n) is 3.44. The Morgan fingerprint density at radius 1 is 1.53 bits per heavy atom. The molecule has 1 heterocycles. The van der Waals surface area contributed by atoms with E-state index in [-0.39, 0.29) is 6.10 Å². The molecule has 3 heteroatoms. The topological polar surface area (TPSA) is 32.7 Å². The molecule has 0 saturated carbocycles. The van der Waals surface area contributed by atoms with Gasteiger partial charge in [0.2, 0.25) is 0 Å². The fraction of sp³-hybridized carbons (Fsp3) is 1.00. The highest BCUT2D eigenvalue weighted by Gasteiger charge is 2.25. The zero-order valence-electron chi connectivity index (χ0n) is 10.3. The SMILES string of the molecule is CCCC(C)N(C)CC(O)C1CCOC1. The number of rotatable bonds is 6. The zero-order valence-corrected chi connectivity index (χ0v) is 10.3. The molecule has 15 heavy (non-hydrogen) atoms. The molecule has 1 rings (SSSR count). The fourth-order valence-corrected chi connectivity index (χ4v) is 2.12. The quantitative estimate of drug-likeness (QED) is 0.729. The van der Waals surface area contributed by atoms with Gasteiger partial charge in [-0.2, -0.15) is 0 Å². The van der Waals surface area contributed by atoms with Gasteiger partial charge in [-0.05, 0) is 26.8 Å². The van der Waals surface area contributed by atoms with Crippen molar-refractivity contribution >= 4 is 0 Å². The number of likely N-dealkylation sites (N-methyl/N-ethyl adjacent to an activating group) is 1. The van der Waals surface area contributed by atoms with E-state index in [1.54, 1.807) is 0 Å². The van der Waals surface area contributed by atoms with Crippen molar-refractivity contribution in [3.05, 3.63) is 0 Å². The van der Waals surface area contributed by atoms with Crippen molar-refractivity contribution in [3.8, 4) is 0 Å². The monoisotopic (exact) mass is 215 g/mol. The van der Waals surface area contributed by atoms with Crippen LogP contribution in [0.15, 0.2) is 0 Å². The van der Waals surface area contributed by atoms with E-state index in [1.807, 2.05) is 0 Å². The molecule has 0 amide bonds. The van der Waals surface area contributed by atoms with Crippen LogP contribution in [-0.2, 0) is 4.74 Å². The lowest BCUT2D eigenvalue weighted by Crippen LogP contribution is -2.39. The maximum absolute atomic E-state index is 10.0. The van der Waals surface area contributed by atoms with Crippen LogP contribution < -0.4 is 0 Å². The van der Waals surface area contributed by atoms with E-state index >= 15 is 0 Å². The molecular formula is C12H25NO2. The van der Waals surface area contributed by atoms with E-state index in [0.717, 1.165) is 26.2 Å². The predicted molar refractivity (Wildman–Crippen MR) is 61.9 cm³/mol. The molecule has 0 bridgehead atoms. The minimum atomic E-state index is -0.225. The van der Waals surface area contributed by atoms with Crippen LogP contribution in [0.2, 0.25) is 0 Å². The summed E-state index contributed by atoms with van der Waals surface area (Å²) >= 11 is 0. The van der Waals surface area contributed by atoms with Gasteiger partial charge in [0.1, 0.15) is 0 Å². The molecule has 3 unspecified atom stereocenters. The molecule has 1 fully saturated rings. The summed E-state index contributed by atoms with van der Waals surface area (Å²) < 4.78 is 5.29. The van der Waals surface area contributed by atoms with Crippen LogP contribution in [0.4, 0.5) is 0 Å². The van der Waals surface area contributed by atoms with E-state index in [0.29, 0.717) is 12.0 Å². The third kappa shape index (κ3) is 4.09. The first-order valence-corrected chi connectivity index (χ1v) is 6.11. The van der Waals surface area contributed by atoms with Gasteiger partial charge in [0.05, 0.1) is 12.7 Å². The average molecular weight is 215 g/mol. The molecule has 0 aromatic carbocycles. The minimum Gasteiger partial charge on any atom is -0.391 e. The molecule has 1 aliphatic heterocycles. The second kappa shape index (κ2) is 6.46. The molecule has 3 nitrogen and oxygen atoms in total. The summed E-state index contributed by atoms with van der Waals surface area (Å²) in [6.07, 6.45) is 3.19. The van der Waals surface area contributed by atoms with E-state index in [2.05, 4.69) is 25.8 Å². The highest BCUT2D eigenvalue weighted by molar-refractivity contribution is 4.76. The second-order valence-electron chi connectivity index (χ2n) is 4.77. The van der Waals surface area contributed by atoms with Gasteiger partial charge in [-0.15, -0.1) is 0 Å². The standard InChI is InChI=1S/C12H25NO2/c1-4-5-10(2)13(3)8-12(14)11-6-7-15-9-11/h10-12,14H,4-9H2,1-3H3. The molecule has 1 N–H and O–H groups in total. The van der Waals surface area contributed by atoms with E-state index in [9.17, 15) is 5.11 Å². The first-order chi connectivity index (χ1) is 7.15. The molecular weight excluding hydrogens is 190 g/mol. The van der Waals surface area contributed by atoms with Gasteiger partial charge in [0, 0.05) is 25.1 Å². The number of nitrogens with zero attached hydrogens (tertiary/aromatic N) is 1. The Morgan fingerprint density at radius 2 is 2.27 bits per heavy atom. The molecule has 0 aromatic rings. The van der Waals surface area contributed by atoms with Gasteiger partial charge in [0.25, 0.3) is 0 Å². The Morgan fingerprint density at radius 3 is 2.80 bits per heavy atom. The zero-order chi connectivity index (χ0) is 11.3. The maximum Gasteiger partial charge on any atom is 0.0718 e. The van der Waals surface area contributed by atoms with Gasteiger partial charge >= 0.3 is 0 Å². The van der Waals surface area contributed by atoms with Crippen molar-refractivity contribution in [3.63, 3.8) is 0 Å². The summed E-state index contributed by atoms with van der Waals surface area (Å²) in [6, 6.07) is 0.562. The van der Waals surface area contributed by atoms with Crippen LogP contribution in [0.25, 0.3) is 0 Å². The lowest BCUT2D eigenvalue weighted by atomic mass is 10.0. The smallest absolute Gasteiger partial charge is 0.0718 e. The van der Waals surface area contributed by atoms with Crippen molar-refractivity contribution in [1.29, 1.82) is 0 Å². The minimum absolute atomic E-state index is 0.225. The van der Waals surface area contributed by atoms with Gasteiger partial charge < -0.3 is 14.7 Å². The number of hydrogen-bond donors (Lipinski definition) is 1. The highest BCUT2D eigenvalue weighted by Crippen LogP contribution is 2.18. The summed E-state index contributed by atoms with van der Waals surface area (Å²) in [5.41, 5.74) is 0. The van der Waals surface area contributed by atoms with E-state index in [1.165, 1.54) is 12.8 Å². The van der Waals surface area contributed by atoms with Crippen LogP contribution in [0.5, 0.6) is 0 Å². The molecule has 3 atom stereocenters. The number of hydrogen-bond acceptors (Lipinski definition) is 3. The number of aliphatic hydroxyl groups is 1. The molecule has 0 aromatic heterocycles. The van der Waals surface area contributed by atoms with E-state index < -0.39 is 0 Å². The molecule has 1 aliphatic rings. The average Bonchev–Trinajstić information content (AvgIpc) is 2.70. The van der Waals surface area contributed by atoms with Crippen LogP contribution >= 0.6 is 0 Å². The van der Waals surface area contributed by atoms with Gasteiger partial charge in [0.15, 0.2) is 0 Å². The Kier molecular flexibility index (Phi) is 5.58. The molecule has 0 radical (unpaired) electrons. The normalized spacial score (nSPS) is 25.8. The van der Waals surface area contributed by atoms with Crippen LogP contribution in [-0.4, -0.2) is 49.0 Å². The van der Waals surface area contributed by atoms with Gasteiger partial charge in [-0.1, -0.05) is 13.3 Å². The third-order valence-corrected chi connectivity index (χ3v) is 3.44. The largest absolute Gasteiger partial charge is 0.391 e. The Labute approximate surface area is 93.4 Å². The molecule has 0 spiro atoms. The first-order valence-electron chi connectivity index (χ1n) is 6.11. The van der Waals surface area contributed by atoms with Crippen LogP contribution in [0.3, 0.4) is 0 Å². The summed E-state index contributed by atoms with van der Waals surface area (Å²) in [5, 5.41) is 10.0. The summed E-state index contributed by atoms with van der Waals surface area (Å²) in [4.78, 5) is 2.26. The van der Waals surface area contributed by atoms with Crippen LogP contribution in [0.1, 0.15) is 33.1 Å². The van der Waals surface area contributed by atoms with Crippen molar-refractivity contribution < 1.29 is 9.84 Å². The predicted octanol–water partition coefficient (Wildman–Crippen LogP) is 1.50. The van der Waals surface area contributed by atoms with Crippen LogP contribution in [0, 0.1) is 5.92 Å². The summed E-state index contributed by atoms with van der Waals surface area (Å²) in [7, 11) is 2.10. The fourth-order valence-electron chi connectivity index (χ4n) is 2.12. The van der Waals surface area contributed by atoms with E-state index in [4.69, 9.17) is 4.74 Å².